The Morgan fingerprint density at radius 1 is 1.62 bits per heavy atom. The molecule has 13 heavy (non-hydrogen) atoms. The van der Waals surface area contributed by atoms with Crippen LogP contribution in [0.3, 0.4) is 0 Å². The maximum absolute atomic E-state index is 11.1. The van der Waals surface area contributed by atoms with Gasteiger partial charge in [-0.1, -0.05) is 15.9 Å². The SMILES string of the molecule is O=c1[nH]cncc1C(O)C(O)CBr. The molecule has 0 fully saturated rings. The van der Waals surface area contributed by atoms with Crippen molar-refractivity contribution in [3.05, 3.63) is 28.4 Å². The number of aromatic amines is 1. The van der Waals surface area contributed by atoms with Gasteiger partial charge in [-0.2, -0.15) is 0 Å². The number of nitrogens with zero attached hydrogens (tertiary/aromatic N) is 1. The molecule has 3 N–H and O–H groups in total. The van der Waals surface area contributed by atoms with Gasteiger partial charge >= 0.3 is 0 Å². The zero-order valence-electron chi connectivity index (χ0n) is 6.64. The lowest BCUT2D eigenvalue weighted by Crippen LogP contribution is -2.26. The Morgan fingerprint density at radius 2 is 2.31 bits per heavy atom. The normalized spacial score (nSPS) is 15.3. The molecule has 5 nitrogen and oxygen atoms in total. The summed E-state index contributed by atoms with van der Waals surface area (Å²) in [5, 5.41) is 18.9. The summed E-state index contributed by atoms with van der Waals surface area (Å²) in [6.07, 6.45) is 0.233. The van der Waals surface area contributed by atoms with E-state index in [9.17, 15) is 15.0 Å². The van der Waals surface area contributed by atoms with E-state index in [2.05, 4.69) is 25.9 Å². The molecule has 0 aromatic carbocycles. The Morgan fingerprint density at radius 3 is 2.85 bits per heavy atom. The number of aliphatic hydroxyl groups excluding tert-OH is 2. The van der Waals surface area contributed by atoms with Crippen LogP contribution in [-0.2, 0) is 0 Å². The van der Waals surface area contributed by atoms with Crippen LogP contribution >= 0.6 is 15.9 Å². The van der Waals surface area contributed by atoms with Crippen LogP contribution in [0.5, 0.6) is 0 Å². The molecule has 0 aliphatic heterocycles. The molecule has 0 amide bonds. The predicted molar refractivity (Wildman–Crippen MR) is 49.6 cm³/mol. The second-order valence-corrected chi connectivity index (χ2v) is 3.15. The van der Waals surface area contributed by atoms with Crippen molar-refractivity contribution < 1.29 is 10.2 Å². The molecule has 0 saturated carbocycles. The van der Waals surface area contributed by atoms with Crippen LogP contribution < -0.4 is 5.56 Å². The van der Waals surface area contributed by atoms with Crippen molar-refractivity contribution in [3.63, 3.8) is 0 Å². The fraction of sp³-hybridized carbons (Fsp3) is 0.429. The van der Waals surface area contributed by atoms with Gasteiger partial charge in [-0.05, 0) is 0 Å². The molecule has 6 heteroatoms. The minimum absolute atomic E-state index is 0.0643. The Bertz CT molecular complexity index is 328. The molecular formula is C7H9BrN2O3. The van der Waals surface area contributed by atoms with E-state index in [1.54, 1.807) is 0 Å². The van der Waals surface area contributed by atoms with E-state index in [4.69, 9.17) is 0 Å². The van der Waals surface area contributed by atoms with E-state index in [-0.39, 0.29) is 10.9 Å². The van der Waals surface area contributed by atoms with Crippen LogP contribution in [0.25, 0.3) is 0 Å². The number of alkyl halides is 1. The van der Waals surface area contributed by atoms with Crippen molar-refractivity contribution in [2.75, 3.05) is 5.33 Å². The van der Waals surface area contributed by atoms with Gasteiger partial charge in [0.15, 0.2) is 0 Å². The van der Waals surface area contributed by atoms with Gasteiger partial charge in [0, 0.05) is 11.5 Å². The Kier molecular flexibility index (Phi) is 3.58. The molecule has 0 bridgehead atoms. The van der Waals surface area contributed by atoms with Gasteiger partial charge in [0.05, 0.1) is 18.0 Å². The molecule has 1 aromatic rings. The quantitative estimate of drug-likeness (QED) is 0.634. The average molecular weight is 249 g/mol. The highest BCUT2D eigenvalue weighted by Gasteiger charge is 2.19. The molecule has 0 aliphatic carbocycles. The van der Waals surface area contributed by atoms with Gasteiger partial charge in [-0.3, -0.25) is 4.79 Å². The van der Waals surface area contributed by atoms with Gasteiger partial charge in [0.1, 0.15) is 6.10 Å². The van der Waals surface area contributed by atoms with E-state index in [0.717, 1.165) is 0 Å². The van der Waals surface area contributed by atoms with E-state index >= 15 is 0 Å². The third kappa shape index (κ3) is 2.36. The van der Waals surface area contributed by atoms with Crippen LogP contribution in [0.2, 0.25) is 0 Å². The Balaban J connectivity index is 2.95. The molecule has 2 unspecified atom stereocenters. The van der Waals surface area contributed by atoms with Crippen molar-refractivity contribution in [2.45, 2.75) is 12.2 Å². The topological polar surface area (TPSA) is 86.2 Å². The number of H-pyrrole nitrogens is 1. The summed E-state index contributed by atoms with van der Waals surface area (Å²) < 4.78 is 0. The fourth-order valence-electron chi connectivity index (χ4n) is 0.858. The third-order valence-electron chi connectivity index (χ3n) is 1.59. The van der Waals surface area contributed by atoms with Crippen molar-refractivity contribution in [2.24, 2.45) is 0 Å². The van der Waals surface area contributed by atoms with Crippen molar-refractivity contribution in [3.8, 4) is 0 Å². The molecule has 72 valence electrons. The molecule has 0 aliphatic rings. The second-order valence-electron chi connectivity index (χ2n) is 2.50. The summed E-state index contributed by atoms with van der Waals surface area (Å²) in [7, 11) is 0. The molecule has 1 aromatic heterocycles. The van der Waals surface area contributed by atoms with Crippen molar-refractivity contribution in [1.29, 1.82) is 0 Å². The van der Waals surface area contributed by atoms with Crippen molar-refractivity contribution in [1.82, 2.24) is 9.97 Å². The standard InChI is InChI=1S/C7H9BrN2O3/c8-1-5(11)6(12)4-2-9-3-10-7(4)13/h2-3,5-6,11-12H,1H2,(H,9,10,13). The third-order valence-corrected chi connectivity index (χ3v) is 2.25. The highest BCUT2D eigenvalue weighted by Crippen LogP contribution is 2.12. The number of rotatable bonds is 3. The molecule has 0 saturated heterocycles. The number of hydrogen-bond donors (Lipinski definition) is 3. The summed E-state index contributed by atoms with van der Waals surface area (Å²) in [6, 6.07) is 0. The number of hydrogen-bond acceptors (Lipinski definition) is 4. The molecule has 2 atom stereocenters. The Labute approximate surface area is 82.6 Å². The predicted octanol–water partition coefficient (Wildman–Crippen LogP) is -0.441. The first kappa shape index (κ1) is 10.4. The first-order chi connectivity index (χ1) is 6.16. The number of aliphatic hydroxyl groups is 2. The lowest BCUT2D eigenvalue weighted by Gasteiger charge is -2.13. The number of nitrogens with one attached hydrogen (secondary N) is 1. The number of halogens is 1. The van der Waals surface area contributed by atoms with Crippen LogP contribution in [0.15, 0.2) is 17.3 Å². The molecule has 0 radical (unpaired) electrons. The largest absolute Gasteiger partial charge is 0.389 e. The van der Waals surface area contributed by atoms with Crippen LogP contribution in [0, 0.1) is 0 Å². The number of aromatic nitrogens is 2. The van der Waals surface area contributed by atoms with Crippen LogP contribution in [0.4, 0.5) is 0 Å². The van der Waals surface area contributed by atoms with Crippen molar-refractivity contribution >= 4 is 15.9 Å². The van der Waals surface area contributed by atoms with E-state index in [0.29, 0.717) is 0 Å². The molecule has 0 spiro atoms. The van der Waals surface area contributed by atoms with Gasteiger partial charge in [-0.25, -0.2) is 4.98 Å². The minimum atomic E-state index is -1.21. The van der Waals surface area contributed by atoms with E-state index in [1.165, 1.54) is 12.5 Å². The van der Waals surface area contributed by atoms with Crippen LogP contribution in [-0.4, -0.2) is 31.6 Å². The average Bonchev–Trinajstić information content (AvgIpc) is 2.16. The minimum Gasteiger partial charge on any atom is -0.389 e. The smallest absolute Gasteiger partial charge is 0.256 e. The summed E-state index contributed by atoms with van der Waals surface area (Å²) in [5.41, 5.74) is -0.378. The summed E-state index contributed by atoms with van der Waals surface area (Å²) in [6.45, 7) is 0. The zero-order chi connectivity index (χ0) is 9.84. The molecular weight excluding hydrogens is 240 g/mol. The Hall–Kier alpha value is -0.720. The van der Waals surface area contributed by atoms with E-state index < -0.39 is 17.8 Å². The van der Waals surface area contributed by atoms with Gasteiger partial charge < -0.3 is 15.2 Å². The lowest BCUT2D eigenvalue weighted by molar-refractivity contribution is 0.0331. The van der Waals surface area contributed by atoms with Gasteiger partial charge in [-0.15, -0.1) is 0 Å². The summed E-state index contributed by atoms with van der Waals surface area (Å²) in [5.74, 6) is 0. The lowest BCUT2D eigenvalue weighted by atomic mass is 10.1. The first-order valence-corrected chi connectivity index (χ1v) is 4.73. The zero-order valence-corrected chi connectivity index (χ0v) is 8.23. The summed E-state index contributed by atoms with van der Waals surface area (Å²) >= 11 is 2.99. The first-order valence-electron chi connectivity index (χ1n) is 3.61. The maximum atomic E-state index is 11.1. The molecule has 1 heterocycles. The monoisotopic (exact) mass is 248 g/mol. The highest BCUT2D eigenvalue weighted by molar-refractivity contribution is 9.09. The van der Waals surface area contributed by atoms with Gasteiger partial charge in [0.2, 0.25) is 0 Å². The molecule has 1 rings (SSSR count). The highest BCUT2D eigenvalue weighted by atomic mass is 79.9. The summed E-state index contributed by atoms with van der Waals surface area (Å²) in [4.78, 5) is 17.0. The second kappa shape index (κ2) is 4.50. The maximum Gasteiger partial charge on any atom is 0.256 e. The van der Waals surface area contributed by atoms with E-state index in [1.807, 2.05) is 0 Å². The van der Waals surface area contributed by atoms with Gasteiger partial charge in [0.25, 0.3) is 5.56 Å². The van der Waals surface area contributed by atoms with Crippen LogP contribution in [0.1, 0.15) is 11.7 Å². The fourth-order valence-corrected chi connectivity index (χ4v) is 1.21.